The first-order valence-corrected chi connectivity index (χ1v) is 9.39. The average Bonchev–Trinajstić information content (AvgIpc) is 2.58. The molecule has 2 aromatic rings. The summed E-state index contributed by atoms with van der Waals surface area (Å²) in [5, 5.41) is 2.45. The first kappa shape index (κ1) is 21.4. The molecule has 0 atom stereocenters. The highest BCUT2D eigenvalue weighted by Gasteiger charge is 2.23. The van der Waals surface area contributed by atoms with Gasteiger partial charge >= 0.3 is 10.2 Å². The van der Waals surface area contributed by atoms with Gasteiger partial charge in [-0.3, -0.25) is 14.3 Å². The Hall–Kier alpha value is -2.92. The van der Waals surface area contributed by atoms with Crippen molar-refractivity contribution in [3.63, 3.8) is 0 Å². The number of carbonyl (C=O) groups is 2. The van der Waals surface area contributed by atoms with Gasteiger partial charge in [0.1, 0.15) is 11.6 Å². The molecule has 2 N–H and O–H groups in total. The van der Waals surface area contributed by atoms with E-state index in [1.165, 1.54) is 39.3 Å². The lowest BCUT2D eigenvalue weighted by Gasteiger charge is -2.15. The van der Waals surface area contributed by atoms with E-state index in [9.17, 15) is 26.8 Å². The van der Waals surface area contributed by atoms with Crippen LogP contribution in [0.3, 0.4) is 0 Å². The summed E-state index contributed by atoms with van der Waals surface area (Å²) in [5.74, 6) is -3.37. The SMILES string of the molecule is CC(=O)Nc1ccc(CC(=O)c2c(F)ccc(NS(=O)(=O)N(C)C)c2F)cn1. The van der Waals surface area contributed by atoms with Crippen molar-refractivity contribution in [1.29, 1.82) is 0 Å². The maximum absolute atomic E-state index is 14.6. The Morgan fingerprint density at radius 2 is 1.82 bits per heavy atom. The second-order valence-corrected chi connectivity index (χ2v) is 7.89. The van der Waals surface area contributed by atoms with E-state index in [1.807, 2.05) is 4.72 Å². The van der Waals surface area contributed by atoms with Gasteiger partial charge in [0.2, 0.25) is 5.91 Å². The van der Waals surface area contributed by atoms with Crippen LogP contribution in [-0.2, 0) is 21.4 Å². The zero-order chi connectivity index (χ0) is 21.1. The van der Waals surface area contributed by atoms with Crippen LogP contribution in [0.2, 0.25) is 0 Å². The van der Waals surface area contributed by atoms with Gasteiger partial charge in [-0.2, -0.15) is 12.7 Å². The Kier molecular flexibility index (Phi) is 6.41. The molecule has 0 saturated heterocycles. The lowest BCUT2D eigenvalue weighted by atomic mass is 10.0. The van der Waals surface area contributed by atoms with Crippen molar-refractivity contribution in [2.24, 2.45) is 0 Å². The molecule has 8 nitrogen and oxygen atoms in total. The molecule has 28 heavy (non-hydrogen) atoms. The maximum atomic E-state index is 14.6. The summed E-state index contributed by atoms with van der Waals surface area (Å²) in [5.41, 5.74) is -1.04. The Balaban J connectivity index is 2.27. The molecule has 0 aliphatic carbocycles. The molecule has 0 bridgehead atoms. The molecule has 0 fully saturated rings. The summed E-state index contributed by atoms with van der Waals surface area (Å²) in [7, 11) is -1.58. The first-order valence-electron chi connectivity index (χ1n) is 7.95. The summed E-state index contributed by atoms with van der Waals surface area (Å²) in [4.78, 5) is 27.3. The van der Waals surface area contributed by atoms with Gasteiger partial charge < -0.3 is 5.32 Å². The van der Waals surface area contributed by atoms with E-state index < -0.39 is 38.9 Å². The molecule has 1 aromatic heterocycles. The summed E-state index contributed by atoms with van der Waals surface area (Å²) in [6.45, 7) is 1.31. The first-order chi connectivity index (χ1) is 13.0. The van der Waals surface area contributed by atoms with Crippen molar-refractivity contribution in [3.8, 4) is 0 Å². The number of amides is 1. The molecule has 2 rings (SSSR count). The van der Waals surface area contributed by atoms with Crippen LogP contribution in [0, 0.1) is 11.6 Å². The van der Waals surface area contributed by atoms with Crippen LogP contribution in [-0.4, -0.2) is 43.5 Å². The number of pyridine rings is 1. The van der Waals surface area contributed by atoms with E-state index >= 15 is 0 Å². The zero-order valence-electron chi connectivity index (χ0n) is 15.3. The third-order valence-electron chi connectivity index (χ3n) is 3.58. The van der Waals surface area contributed by atoms with E-state index in [-0.39, 0.29) is 18.1 Å². The van der Waals surface area contributed by atoms with Crippen LogP contribution in [0.4, 0.5) is 20.3 Å². The standard InChI is InChI=1S/C17H18F2N4O4S/c1-10(24)21-15-7-4-11(9-20-15)8-14(25)16-12(18)5-6-13(17(16)19)22-28(26,27)23(2)3/h4-7,9,22H,8H2,1-3H3,(H,20,21,24). The minimum absolute atomic E-state index is 0.265. The van der Waals surface area contributed by atoms with Crippen molar-refractivity contribution in [2.75, 3.05) is 24.1 Å². The number of hydrogen-bond donors (Lipinski definition) is 2. The highest BCUT2D eigenvalue weighted by atomic mass is 32.2. The topological polar surface area (TPSA) is 108 Å². The molecule has 1 amide bonds. The Morgan fingerprint density at radius 1 is 1.14 bits per heavy atom. The average molecular weight is 412 g/mol. The smallest absolute Gasteiger partial charge is 0.301 e. The zero-order valence-corrected chi connectivity index (χ0v) is 16.1. The number of Topliss-reactive ketones (excluding diaryl/α,β-unsaturated/α-hetero) is 1. The number of halogens is 2. The van der Waals surface area contributed by atoms with Crippen LogP contribution in [0.25, 0.3) is 0 Å². The number of ketones is 1. The number of nitrogens with zero attached hydrogens (tertiary/aromatic N) is 2. The highest BCUT2D eigenvalue weighted by molar-refractivity contribution is 7.90. The number of nitrogens with one attached hydrogen (secondary N) is 2. The van der Waals surface area contributed by atoms with Crippen LogP contribution >= 0.6 is 0 Å². The van der Waals surface area contributed by atoms with Crippen LogP contribution < -0.4 is 10.0 Å². The van der Waals surface area contributed by atoms with Gasteiger partial charge in [-0.1, -0.05) is 6.07 Å². The summed E-state index contributed by atoms with van der Waals surface area (Å²) >= 11 is 0. The molecule has 0 unspecified atom stereocenters. The van der Waals surface area contributed by atoms with Crippen LogP contribution in [0.15, 0.2) is 30.5 Å². The van der Waals surface area contributed by atoms with Gasteiger partial charge in [0.05, 0.1) is 11.3 Å². The molecule has 11 heteroatoms. The van der Waals surface area contributed by atoms with Crippen molar-refractivity contribution in [3.05, 3.63) is 53.2 Å². The van der Waals surface area contributed by atoms with Gasteiger partial charge in [0.25, 0.3) is 0 Å². The molecule has 150 valence electrons. The number of hydrogen-bond acceptors (Lipinski definition) is 5. The third kappa shape index (κ3) is 5.08. The lowest BCUT2D eigenvalue weighted by Crippen LogP contribution is -2.29. The largest absolute Gasteiger partial charge is 0.311 e. The molecular weight excluding hydrogens is 394 g/mol. The van der Waals surface area contributed by atoms with Crippen molar-refractivity contribution in [1.82, 2.24) is 9.29 Å². The minimum atomic E-state index is -4.04. The molecule has 0 aliphatic heterocycles. The molecule has 1 heterocycles. The van der Waals surface area contributed by atoms with Gasteiger partial charge in [0, 0.05) is 33.6 Å². The second-order valence-electron chi connectivity index (χ2n) is 6.01. The fraction of sp³-hybridized carbons (Fsp3) is 0.235. The molecule has 0 saturated carbocycles. The van der Waals surface area contributed by atoms with Gasteiger partial charge in [0.15, 0.2) is 11.6 Å². The molecular formula is C17H18F2N4O4S. The van der Waals surface area contributed by atoms with E-state index in [2.05, 4.69) is 10.3 Å². The predicted octanol–water partition coefficient (Wildman–Crippen LogP) is 1.96. The van der Waals surface area contributed by atoms with E-state index in [4.69, 9.17) is 0 Å². The summed E-state index contributed by atoms with van der Waals surface area (Å²) < 4.78 is 55.1. The lowest BCUT2D eigenvalue weighted by molar-refractivity contribution is -0.114. The normalized spacial score (nSPS) is 11.4. The Bertz CT molecular complexity index is 1010. The van der Waals surface area contributed by atoms with E-state index in [0.717, 1.165) is 16.4 Å². The van der Waals surface area contributed by atoms with Crippen molar-refractivity contribution >= 4 is 33.4 Å². The monoisotopic (exact) mass is 412 g/mol. The number of carbonyl (C=O) groups excluding carboxylic acids is 2. The molecule has 1 aromatic carbocycles. The van der Waals surface area contributed by atoms with Gasteiger partial charge in [-0.05, 0) is 23.8 Å². The van der Waals surface area contributed by atoms with Crippen LogP contribution in [0.1, 0.15) is 22.8 Å². The number of anilines is 2. The van der Waals surface area contributed by atoms with Crippen LogP contribution in [0.5, 0.6) is 0 Å². The molecule has 0 aliphatic rings. The van der Waals surface area contributed by atoms with Crippen molar-refractivity contribution < 1.29 is 26.8 Å². The minimum Gasteiger partial charge on any atom is -0.311 e. The fourth-order valence-corrected chi connectivity index (χ4v) is 2.79. The van der Waals surface area contributed by atoms with Crippen molar-refractivity contribution in [2.45, 2.75) is 13.3 Å². The summed E-state index contributed by atoms with van der Waals surface area (Å²) in [6.07, 6.45) is 0.919. The number of rotatable bonds is 7. The van der Waals surface area contributed by atoms with Gasteiger partial charge in [-0.15, -0.1) is 0 Å². The quantitative estimate of drug-likeness (QED) is 0.676. The number of benzene rings is 1. The number of aromatic nitrogens is 1. The Labute approximate surface area is 160 Å². The summed E-state index contributed by atoms with van der Waals surface area (Å²) in [6, 6.07) is 4.62. The molecule has 0 radical (unpaired) electrons. The Morgan fingerprint density at radius 3 is 2.36 bits per heavy atom. The van der Waals surface area contributed by atoms with Gasteiger partial charge in [-0.25, -0.2) is 13.8 Å². The fourth-order valence-electron chi connectivity index (χ4n) is 2.17. The third-order valence-corrected chi connectivity index (χ3v) is 5.02. The predicted molar refractivity (Wildman–Crippen MR) is 99.2 cm³/mol. The molecule has 0 spiro atoms. The second kappa shape index (κ2) is 8.40. The van der Waals surface area contributed by atoms with E-state index in [0.29, 0.717) is 5.56 Å². The van der Waals surface area contributed by atoms with E-state index in [1.54, 1.807) is 0 Å². The maximum Gasteiger partial charge on any atom is 0.301 e. The highest BCUT2D eigenvalue weighted by Crippen LogP contribution is 2.24.